The van der Waals surface area contributed by atoms with Gasteiger partial charge in [-0.1, -0.05) is 29.8 Å². The lowest BCUT2D eigenvalue weighted by molar-refractivity contribution is 0.0990. The van der Waals surface area contributed by atoms with Gasteiger partial charge in [0.1, 0.15) is 5.56 Å². The summed E-state index contributed by atoms with van der Waals surface area (Å²) in [6.07, 6.45) is 3.34. The first-order valence-corrected chi connectivity index (χ1v) is 12.7. The molecule has 4 rings (SSSR count). The first-order valence-electron chi connectivity index (χ1n) is 9.84. The molecule has 0 saturated carbocycles. The van der Waals surface area contributed by atoms with Crippen molar-refractivity contribution in [1.82, 2.24) is 9.78 Å². The van der Waals surface area contributed by atoms with Gasteiger partial charge in [0.2, 0.25) is 10.0 Å². The molecule has 2 heterocycles. The second-order valence-corrected chi connectivity index (χ2v) is 10.5. The Morgan fingerprint density at radius 2 is 1.94 bits per heavy atom. The zero-order valence-electron chi connectivity index (χ0n) is 17.6. The lowest BCUT2D eigenvalue weighted by Gasteiger charge is -2.17. The summed E-state index contributed by atoms with van der Waals surface area (Å²) in [6.45, 7) is 2.63. The molecule has 0 fully saturated rings. The van der Waals surface area contributed by atoms with Crippen LogP contribution in [0.4, 0.5) is 11.5 Å². The van der Waals surface area contributed by atoms with Crippen LogP contribution in [-0.4, -0.2) is 36.9 Å². The SMILES string of the molecule is Cc1ccc(CSc2ccc3c(c2)CCN3C(=O)c2cn(C)nc2NS(C)(=O)=O)cc1. The number of sulfonamides is 1. The van der Waals surface area contributed by atoms with Crippen molar-refractivity contribution in [2.24, 2.45) is 7.05 Å². The Balaban J connectivity index is 1.51. The fourth-order valence-corrected chi connectivity index (χ4v) is 4.99. The summed E-state index contributed by atoms with van der Waals surface area (Å²) in [5.41, 5.74) is 4.73. The summed E-state index contributed by atoms with van der Waals surface area (Å²) in [5.74, 6) is 0.671. The highest BCUT2D eigenvalue weighted by molar-refractivity contribution is 7.98. The molecule has 3 aromatic rings. The minimum atomic E-state index is -3.54. The van der Waals surface area contributed by atoms with E-state index in [0.717, 1.165) is 34.6 Å². The maximum atomic E-state index is 13.2. The number of fused-ring (bicyclic) bond motifs is 1. The van der Waals surface area contributed by atoms with E-state index in [9.17, 15) is 13.2 Å². The number of benzene rings is 2. The van der Waals surface area contributed by atoms with Gasteiger partial charge in [-0.3, -0.25) is 14.2 Å². The molecule has 0 radical (unpaired) electrons. The smallest absolute Gasteiger partial charge is 0.263 e. The number of thioether (sulfide) groups is 1. The predicted octanol–water partition coefficient (Wildman–Crippen LogP) is 3.60. The Labute approximate surface area is 186 Å². The van der Waals surface area contributed by atoms with E-state index in [-0.39, 0.29) is 17.3 Å². The monoisotopic (exact) mass is 456 g/mol. The van der Waals surface area contributed by atoms with E-state index in [1.807, 2.05) is 12.1 Å². The van der Waals surface area contributed by atoms with Crippen LogP contribution in [-0.2, 0) is 29.2 Å². The number of rotatable bonds is 6. The molecule has 0 unspecified atom stereocenters. The molecule has 31 heavy (non-hydrogen) atoms. The van der Waals surface area contributed by atoms with Crippen LogP contribution >= 0.6 is 11.8 Å². The molecule has 0 atom stereocenters. The van der Waals surface area contributed by atoms with Crippen LogP contribution in [0, 0.1) is 6.92 Å². The zero-order chi connectivity index (χ0) is 22.2. The van der Waals surface area contributed by atoms with E-state index >= 15 is 0 Å². The Bertz CT molecular complexity index is 1230. The van der Waals surface area contributed by atoms with E-state index in [2.05, 4.69) is 47.1 Å². The number of carbonyl (C=O) groups is 1. The van der Waals surface area contributed by atoms with E-state index in [0.29, 0.717) is 6.54 Å². The average molecular weight is 457 g/mol. The van der Waals surface area contributed by atoms with Gasteiger partial charge in [0.15, 0.2) is 5.82 Å². The summed E-state index contributed by atoms with van der Waals surface area (Å²) >= 11 is 1.77. The van der Waals surface area contributed by atoms with Gasteiger partial charge in [-0.25, -0.2) is 8.42 Å². The molecule has 1 aliphatic heterocycles. The Morgan fingerprint density at radius 3 is 2.65 bits per heavy atom. The topological polar surface area (TPSA) is 84.3 Å². The summed E-state index contributed by atoms with van der Waals surface area (Å²) < 4.78 is 27.0. The predicted molar refractivity (Wildman–Crippen MR) is 124 cm³/mol. The number of nitrogens with zero attached hydrogens (tertiary/aromatic N) is 3. The fourth-order valence-electron chi connectivity index (χ4n) is 3.57. The third-order valence-electron chi connectivity index (χ3n) is 5.06. The van der Waals surface area contributed by atoms with Gasteiger partial charge < -0.3 is 4.90 Å². The lowest BCUT2D eigenvalue weighted by Crippen LogP contribution is -2.29. The van der Waals surface area contributed by atoms with E-state index in [4.69, 9.17) is 0 Å². The standard InChI is InChI=1S/C22H24N4O3S2/c1-15-4-6-16(7-5-15)14-30-18-8-9-20-17(12-18)10-11-26(20)22(27)19-13-25(2)23-21(19)24-31(3,28)29/h4-9,12-13H,10-11,14H2,1-3H3,(H,23,24). The molecule has 9 heteroatoms. The highest BCUT2D eigenvalue weighted by atomic mass is 32.2. The molecule has 0 spiro atoms. The number of nitrogens with one attached hydrogen (secondary N) is 1. The summed E-state index contributed by atoms with van der Waals surface area (Å²) in [7, 11) is -1.89. The lowest BCUT2D eigenvalue weighted by atomic mass is 10.2. The number of aryl methyl sites for hydroxylation is 2. The molecule has 1 aromatic heterocycles. The van der Waals surface area contributed by atoms with Crippen molar-refractivity contribution in [3.05, 3.63) is 70.9 Å². The van der Waals surface area contributed by atoms with Crippen LogP contribution in [0.5, 0.6) is 0 Å². The Hall–Kier alpha value is -2.78. The second kappa shape index (κ2) is 8.39. The normalized spacial score (nSPS) is 13.3. The van der Waals surface area contributed by atoms with Crippen molar-refractivity contribution in [2.45, 2.75) is 24.0 Å². The van der Waals surface area contributed by atoms with Gasteiger partial charge in [0.05, 0.1) is 6.26 Å². The van der Waals surface area contributed by atoms with Crippen molar-refractivity contribution in [1.29, 1.82) is 0 Å². The maximum Gasteiger partial charge on any atom is 0.263 e. The largest absolute Gasteiger partial charge is 0.308 e. The van der Waals surface area contributed by atoms with Crippen LogP contribution < -0.4 is 9.62 Å². The number of carbonyl (C=O) groups excluding carboxylic acids is 1. The molecule has 2 aromatic carbocycles. The minimum absolute atomic E-state index is 0.0497. The number of hydrogen-bond donors (Lipinski definition) is 1. The van der Waals surface area contributed by atoms with Gasteiger partial charge in [-0.05, 0) is 42.7 Å². The molecular weight excluding hydrogens is 432 g/mol. The summed E-state index contributed by atoms with van der Waals surface area (Å²) in [6, 6.07) is 14.7. The van der Waals surface area contributed by atoms with E-state index < -0.39 is 10.0 Å². The number of hydrogen-bond acceptors (Lipinski definition) is 5. The Morgan fingerprint density at radius 1 is 1.19 bits per heavy atom. The van der Waals surface area contributed by atoms with Crippen LogP contribution in [0.1, 0.15) is 27.0 Å². The van der Waals surface area contributed by atoms with Crippen molar-refractivity contribution >= 4 is 39.2 Å². The van der Waals surface area contributed by atoms with Crippen LogP contribution in [0.25, 0.3) is 0 Å². The molecule has 0 bridgehead atoms. The van der Waals surface area contributed by atoms with Gasteiger partial charge in [-0.2, -0.15) is 5.10 Å². The van der Waals surface area contributed by atoms with Gasteiger partial charge in [-0.15, -0.1) is 11.8 Å². The molecule has 1 N–H and O–H groups in total. The van der Waals surface area contributed by atoms with Crippen molar-refractivity contribution in [3.8, 4) is 0 Å². The van der Waals surface area contributed by atoms with Crippen molar-refractivity contribution in [2.75, 3.05) is 22.4 Å². The number of aromatic nitrogens is 2. The Kier molecular flexibility index (Phi) is 5.81. The van der Waals surface area contributed by atoms with Gasteiger partial charge >= 0.3 is 0 Å². The fraction of sp³-hybridized carbons (Fsp3) is 0.273. The highest BCUT2D eigenvalue weighted by Crippen LogP contribution is 2.34. The molecule has 7 nitrogen and oxygen atoms in total. The second-order valence-electron chi connectivity index (χ2n) is 7.71. The van der Waals surface area contributed by atoms with E-state index in [1.54, 1.807) is 29.9 Å². The van der Waals surface area contributed by atoms with Crippen LogP contribution in [0.2, 0.25) is 0 Å². The molecule has 0 aliphatic carbocycles. The molecular formula is C22H24N4O3S2. The molecule has 1 amide bonds. The van der Waals surface area contributed by atoms with Crippen LogP contribution in [0.15, 0.2) is 53.6 Å². The minimum Gasteiger partial charge on any atom is -0.308 e. The number of anilines is 2. The average Bonchev–Trinajstić information content (AvgIpc) is 3.28. The summed E-state index contributed by atoms with van der Waals surface area (Å²) in [5, 5.41) is 4.09. The van der Waals surface area contributed by atoms with E-state index in [1.165, 1.54) is 15.8 Å². The first-order chi connectivity index (χ1) is 14.7. The van der Waals surface area contributed by atoms with Crippen molar-refractivity contribution in [3.63, 3.8) is 0 Å². The maximum absolute atomic E-state index is 13.2. The zero-order valence-corrected chi connectivity index (χ0v) is 19.3. The van der Waals surface area contributed by atoms with Gasteiger partial charge in [0.25, 0.3) is 5.91 Å². The number of amides is 1. The summed E-state index contributed by atoms with van der Waals surface area (Å²) in [4.78, 5) is 16.0. The van der Waals surface area contributed by atoms with Crippen molar-refractivity contribution < 1.29 is 13.2 Å². The molecule has 0 saturated heterocycles. The quantitative estimate of drug-likeness (QED) is 0.573. The highest BCUT2D eigenvalue weighted by Gasteiger charge is 2.29. The first kappa shape index (κ1) is 21.5. The molecule has 162 valence electrons. The third-order valence-corrected chi connectivity index (χ3v) is 6.69. The van der Waals surface area contributed by atoms with Crippen LogP contribution in [0.3, 0.4) is 0 Å². The molecule has 1 aliphatic rings. The van der Waals surface area contributed by atoms with Gasteiger partial charge in [0, 0.05) is 36.1 Å². The third kappa shape index (κ3) is 4.94.